The van der Waals surface area contributed by atoms with E-state index in [9.17, 15) is 13.2 Å². The first-order chi connectivity index (χ1) is 16.5. The van der Waals surface area contributed by atoms with Gasteiger partial charge in [-0.05, 0) is 29.1 Å². The lowest BCUT2D eigenvalue weighted by molar-refractivity contribution is -0.134. The third-order valence-corrected chi connectivity index (χ3v) is 8.89. The van der Waals surface area contributed by atoms with E-state index in [1.165, 1.54) is 9.31 Å². The Hall–Kier alpha value is -2.79. The lowest BCUT2D eigenvalue weighted by Gasteiger charge is -2.34. The maximum absolute atomic E-state index is 13.3. The van der Waals surface area contributed by atoms with Crippen molar-refractivity contribution in [2.75, 3.05) is 32.7 Å². The number of thiophene rings is 1. The van der Waals surface area contributed by atoms with Gasteiger partial charge in [-0.3, -0.25) is 9.69 Å². The Labute approximate surface area is 203 Å². The SMILES string of the molecule is O=C(CN1CCN(S(=O)(=O)Cc2ccccc2)CC1)N1N=C(c2cccs2)C[C@@H]1c1ccco1. The van der Waals surface area contributed by atoms with Gasteiger partial charge in [0.25, 0.3) is 5.91 Å². The summed E-state index contributed by atoms with van der Waals surface area (Å²) in [6.07, 6.45) is 2.21. The Balaban J connectivity index is 1.22. The lowest BCUT2D eigenvalue weighted by atomic mass is 10.1. The summed E-state index contributed by atoms with van der Waals surface area (Å²) in [5.41, 5.74) is 1.65. The molecule has 5 rings (SSSR count). The van der Waals surface area contributed by atoms with Crippen molar-refractivity contribution in [3.05, 3.63) is 82.4 Å². The number of hydrogen-bond acceptors (Lipinski definition) is 7. The third-order valence-electron chi connectivity index (χ3n) is 6.12. The fraction of sp³-hybridized carbons (Fsp3) is 0.333. The quantitative estimate of drug-likeness (QED) is 0.500. The molecule has 1 atom stereocenters. The van der Waals surface area contributed by atoms with Gasteiger partial charge in [0.1, 0.15) is 11.8 Å². The summed E-state index contributed by atoms with van der Waals surface area (Å²) in [5.74, 6) is 0.583. The van der Waals surface area contributed by atoms with E-state index in [4.69, 9.17) is 4.42 Å². The van der Waals surface area contributed by atoms with Crippen molar-refractivity contribution < 1.29 is 17.6 Å². The van der Waals surface area contributed by atoms with E-state index >= 15 is 0 Å². The van der Waals surface area contributed by atoms with Crippen LogP contribution in [0.5, 0.6) is 0 Å². The van der Waals surface area contributed by atoms with Gasteiger partial charge >= 0.3 is 0 Å². The average molecular weight is 499 g/mol. The van der Waals surface area contributed by atoms with E-state index in [1.54, 1.807) is 17.6 Å². The van der Waals surface area contributed by atoms with Crippen molar-refractivity contribution >= 4 is 33.0 Å². The number of sulfonamides is 1. The molecule has 3 aromatic rings. The molecule has 1 aromatic carbocycles. The molecule has 1 fully saturated rings. The standard InChI is InChI=1S/C24H26N4O4S2/c29-24(28-21(22-8-4-14-32-22)16-20(25-28)23-9-5-15-33-23)17-26-10-12-27(13-11-26)34(30,31)18-19-6-2-1-3-7-19/h1-9,14-15,21H,10-13,16-18H2/t21-/m1/s1. The molecule has 178 valence electrons. The monoisotopic (exact) mass is 498 g/mol. The van der Waals surface area contributed by atoms with Crippen molar-refractivity contribution in [1.82, 2.24) is 14.2 Å². The number of nitrogens with zero attached hydrogens (tertiary/aromatic N) is 4. The van der Waals surface area contributed by atoms with Gasteiger partial charge in [0.2, 0.25) is 10.0 Å². The molecule has 4 heterocycles. The van der Waals surface area contributed by atoms with Crippen LogP contribution in [-0.2, 0) is 20.6 Å². The van der Waals surface area contributed by atoms with Gasteiger partial charge in [-0.1, -0.05) is 36.4 Å². The van der Waals surface area contributed by atoms with Gasteiger partial charge in [0, 0.05) is 32.6 Å². The molecule has 34 heavy (non-hydrogen) atoms. The molecule has 0 unspecified atom stereocenters. The number of benzene rings is 1. The normalized spacial score (nSPS) is 19.9. The molecule has 0 radical (unpaired) electrons. The Morgan fingerprint density at radius 3 is 2.50 bits per heavy atom. The minimum atomic E-state index is -3.40. The van der Waals surface area contributed by atoms with Gasteiger partial charge < -0.3 is 4.42 Å². The second kappa shape index (κ2) is 9.83. The number of amides is 1. The summed E-state index contributed by atoms with van der Waals surface area (Å²) < 4.78 is 32.8. The maximum atomic E-state index is 13.3. The van der Waals surface area contributed by atoms with Crippen LogP contribution >= 0.6 is 11.3 Å². The average Bonchev–Trinajstić information content (AvgIpc) is 3.61. The van der Waals surface area contributed by atoms with E-state index in [2.05, 4.69) is 5.10 Å². The van der Waals surface area contributed by atoms with Crippen LogP contribution in [0, 0.1) is 0 Å². The summed E-state index contributed by atoms with van der Waals surface area (Å²) >= 11 is 1.60. The Bertz CT molecular complexity index is 1230. The summed E-state index contributed by atoms with van der Waals surface area (Å²) in [6.45, 7) is 1.92. The number of hydrogen-bond donors (Lipinski definition) is 0. The molecule has 2 aliphatic heterocycles. The van der Waals surface area contributed by atoms with Crippen LogP contribution in [0.1, 0.15) is 28.7 Å². The van der Waals surface area contributed by atoms with Gasteiger partial charge in [-0.15, -0.1) is 11.3 Å². The lowest BCUT2D eigenvalue weighted by Crippen LogP contribution is -2.51. The minimum Gasteiger partial charge on any atom is -0.467 e. The first-order valence-electron chi connectivity index (χ1n) is 11.2. The van der Waals surface area contributed by atoms with Crippen molar-refractivity contribution in [2.45, 2.75) is 18.2 Å². The van der Waals surface area contributed by atoms with Gasteiger partial charge in [0.15, 0.2) is 0 Å². The molecule has 1 saturated heterocycles. The van der Waals surface area contributed by atoms with Gasteiger partial charge in [-0.2, -0.15) is 9.41 Å². The van der Waals surface area contributed by atoms with Crippen LogP contribution in [0.15, 0.2) is 75.8 Å². The molecule has 0 aliphatic carbocycles. The number of hydrazone groups is 1. The summed E-state index contributed by atoms with van der Waals surface area (Å²) in [6, 6.07) is 16.6. The third kappa shape index (κ3) is 5.00. The highest BCUT2D eigenvalue weighted by molar-refractivity contribution is 7.88. The van der Waals surface area contributed by atoms with E-state index in [-0.39, 0.29) is 24.2 Å². The minimum absolute atomic E-state index is 0.00835. The summed E-state index contributed by atoms with van der Waals surface area (Å²) in [5, 5.41) is 8.18. The Morgan fingerprint density at radius 1 is 1.03 bits per heavy atom. The van der Waals surface area contributed by atoms with Crippen LogP contribution in [0.3, 0.4) is 0 Å². The van der Waals surface area contributed by atoms with Crippen LogP contribution in [-0.4, -0.2) is 67.0 Å². The topological polar surface area (TPSA) is 86.4 Å². The van der Waals surface area contributed by atoms with Crippen molar-refractivity contribution in [3.63, 3.8) is 0 Å². The summed E-state index contributed by atoms with van der Waals surface area (Å²) in [4.78, 5) is 16.3. The molecular formula is C24H26N4O4S2. The van der Waals surface area contributed by atoms with E-state index in [0.29, 0.717) is 38.4 Å². The number of carbonyl (C=O) groups is 1. The predicted octanol–water partition coefficient (Wildman–Crippen LogP) is 3.17. The Kier molecular flexibility index (Phi) is 6.64. The molecule has 10 heteroatoms. The highest BCUT2D eigenvalue weighted by Crippen LogP contribution is 2.34. The zero-order valence-corrected chi connectivity index (χ0v) is 20.2. The molecule has 2 aromatic heterocycles. The number of rotatable bonds is 7. The maximum Gasteiger partial charge on any atom is 0.257 e. The van der Waals surface area contributed by atoms with Gasteiger partial charge in [-0.25, -0.2) is 13.4 Å². The molecule has 1 amide bonds. The first-order valence-corrected chi connectivity index (χ1v) is 13.7. The fourth-order valence-corrected chi connectivity index (χ4v) is 6.58. The number of furan rings is 1. The highest BCUT2D eigenvalue weighted by Gasteiger charge is 2.36. The molecule has 0 spiro atoms. The Morgan fingerprint density at radius 2 is 1.82 bits per heavy atom. The largest absolute Gasteiger partial charge is 0.467 e. The molecule has 8 nitrogen and oxygen atoms in total. The molecule has 0 saturated carbocycles. The molecule has 0 N–H and O–H groups in total. The number of carbonyl (C=O) groups excluding carboxylic acids is 1. The van der Waals surface area contributed by atoms with Crippen LogP contribution in [0.25, 0.3) is 0 Å². The van der Waals surface area contributed by atoms with Crippen LogP contribution < -0.4 is 0 Å². The van der Waals surface area contributed by atoms with E-state index in [1.807, 2.05) is 64.9 Å². The zero-order valence-electron chi connectivity index (χ0n) is 18.6. The van der Waals surface area contributed by atoms with Crippen LogP contribution in [0.2, 0.25) is 0 Å². The summed E-state index contributed by atoms with van der Waals surface area (Å²) in [7, 11) is -3.40. The molecule has 0 bridgehead atoms. The second-order valence-corrected chi connectivity index (χ2v) is 11.3. The fourth-order valence-electron chi connectivity index (χ4n) is 4.34. The smallest absolute Gasteiger partial charge is 0.257 e. The van der Waals surface area contributed by atoms with E-state index in [0.717, 1.165) is 16.2 Å². The zero-order chi connectivity index (χ0) is 23.5. The van der Waals surface area contributed by atoms with Gasteiger partial charge in [0.05, 0.1) is 29.1 Å². The molecule has 2 aliphatic rings. The first kappa shape index (κ1) is 23.0. The van der Waals surface area contributed by atoms with E-state index < -0.39 is 10.0 Å². The van der Waals surface area contributed by atoms with Crippen molar-refractivity contribution in [2.24, 2.45) is 5.10 Å². The number of piperazine rings is 1. The van der Waals surface area contributed by atoms with Crippen molar-refractivity contribution in [1.29, 1.82) is 0 Å². The predicted molar refractivity (Wildman–Crippen MR) is 131 cm³/mol. The molecular weight excluding hydrogens is 472 g/mol. The highest BCUT2D eigenvalue weighted by atomic mass is 32.2. The van der Waals surface area contributed by atoms with Crippen molar-refractivity contribution in [3.8, 4) is 0 Å². The second-order valence-electron chi connectivity index (χ2n) is 8.41. The van der Waals surface area contributed by atoms with Crippen LogP contribution in [0.4, 0.5) is 0 Å².